The van der Waals surface area contributed by atoms with Crippen LogP contribution in [0.25, 0.3) is 15.9 Å². The van der Waals surface area contributed by atoms with E-state index < -0.39 is 0 Å². The Hall–Kier alpha value is -3.71. The highest BCUT2D eigenvalue weighted by Crippen LogP contribution is 2.37. The quantitative estimate of drug-likeness (QED) is 0.352. The summed E-state index contributed by atoms with van der Waals surface area (Å²) in [5, 5.41) is 1.02. The maximum absolute atomic E-state index is 13.3. The number of thiazole rings is 1. The summed E-state index contributed by atoms with van der Waals surface area (Å²) in [4.78, 5) is 24.6. The van der Waals surface area contributed by atoms with Gasteiger partial charge < -0.3 is 14.0 Å². The minimum absolute atomic E-state index is 0.0425. The lowest BCUT2D eigenvalue weighted by Gasteiger charge is -2.23. The zero-order valence-corrected chi connectivity index (χ0v) is 18.7. The highest BCUT2D eigenvalue weighted by Gasteiger charge is 2.32. The van der Waals surface area contributed by atoms with Gasteiger partial charge in [-0.2, -0.15) is 0 Å². The highest BCUT2D eigenvalue weighted by molar-refractivity contribution is 7.18. The first-order chi connectivity index (χ1) is 16.2. The van der Waals surface area contributed by atoms with Crippen LogP contribution in [0.2, 0.25) is 0 Å². The summed E-state index contributed by atoms with van der Waals surface area (Å²) >= 11 is 1.69. The summed E-state index contributed by atoms with van der Waals surface area (Å²) in [6, 6.07) is 21.5. The minimum Gasteiger partial charge on any atom is -0.487 e. The smallest absolute Gasteiger partial charge is 0.254 e. The molecule has 1 aliphatic heterocycles. The van der Waals surface area contributed by atoms with Gasteiger partial charge in [0.2, 0.25) is 0 Å². The van der Waals surface area contributed by atoms with Crippen LogP contribution in [0, 0.1) is 0 Å². The number of imidazole rings is 1. The Morgan fingerprint density at radius 2 is 1.88 bits per heavy atom. The summed E-state index contributed by atoms with van der Waals surface area (Å²) in [5.74, 6) is 0.761. The molecule has 0 radical (unpaired) electrons. The fraction of sp³-hybridized carbons (Fsp3) is 0.192. The van der Waals surface area contributed by atoms with Gasteiger partial charge in [-0.25, -0.2) is 9.97 Å². The normalized spacial score (nSPS) is 16.0. The standard InChI is InChI=1S/C26H22N4O2S/c31-26(30-15-5-7-22(30)25-28-21-6-1-2-8-23(21)33-25)18-10-12-20(13-11-18)32-17-19-16-29-14-4-3-9-24(29)27-19/h1-4,6,8-14,16,22H,5,7,15,17H2. The van der Waals surface area contributed by atoms with Gasteiger partial charge in [-0.15, -0.1) is 11.3 Å². The molecule has 6 rings (SSSR count). The number of carbonyl (C=O) groups is 1. The molecular formula is C26H22N4O2S. The summed E-state index contributed by atoms with van der Waals surface area (Å²) in [6.45, 7) is 1.13. The number of likely N-dealkylation sites (tertiary alicyclic amines) is 1. The number of rotatable bonds is 5. The van der Waals surface area contributed by atoms with Crippen LogP contribution < -0.4 is 4.74 Å². The number of aromatic nitrogens is 3. The van der Waals surface area contributed by atoms with Crippen LogP contribution in [-0.2, 0) is 6.61 Å². The van der Waals surface area contributed by atoms with Crippen molar-refractivity contribution in [1.82, 2.24) is 19.3 Å². The van der Waals surface area contributed by atoms with Crippen molar-refractivity contribution in [3.8, 4) is 5.75 Å². The van der Waals surface area contributed by atoms with E-state index in [1.165, 1.54) is 4.70 Å². The first-order valence-corrected chi connectivity index (χ1v) is 11.9. The molecule has 164 valence electrons. The number of ether oxygens (including phenoxy) is 1. The summed E-state index contributed by atoms with van der Waals surface area (Å²) in [6.07, 6.45) is 5.87. The van der Waals surface area contributed by atoms with Crippen LogP contribution in [0.3, 0.4) is 0 Å². The molecule has 0 aliphatic carbocycles. The van der Waals surface area contributed by atoms with Crippen molar-refractivity contribution >= 4 is 33.1 Å². The van der Waals surface area contributed by atoms with E-state index in [0.29, 0.717) is 17.9 Å². The first kappa shape index (κ1) is 19.9. The van der Waals surface area contributed by atoms with Crippen LogP contribution in [0.4, 0.5) is 0 Å². The predicted octanol–water partition coefficient (Wildman–Crippen LogP) is 5.50. The van der Waals surface area contributed by atoms with Gasteiger partial charge in [0, 0.05) is 24.5 Å². The predicted molar refractivity (Wildman–Crippen MR) is 129 cm³/mol. The Bertz CT molecular complexity index is 1370. The molecule has 1 fully saturated rings. The number of hydrogen-bond acceptors (Lipinski definition) is 5. The molecule has 1 saturated heterocycles. The Morgan fingerprint density at radius 1 is 1.03 bits per heavy atom. The molecule has 1 atom stereocenters. The van der Waals surface area contributed by atoms with Gasteiger partial charge in [-0.05, 0) is 61.4 Å². The van der Waals surface area contributed by atoms with E-state index >= 15 is 0 Å². The molecule has 0 N–H and O–H groups in total. The van der Waals surface area contributed by atoms with Crippen molar-refractivity contribution in [3.05, 3.63) is 95.4 Å². The Morgan fingerprint density at radius 3 is 2.73 bits per heavy atom. The second-order valence-electron chi connectivity index (χ2n) is 8.19. The first-order valence-electron chi connectivity index (χ1n) is 11.1. The Balaban J connectivity index is 1.15. The van der Waals surface area contributed by atoms with Crippen LogP contribution in [0.1, 0.15) is 39.9 Å². The van der Waals surface area contributed by atoms with Gasteiger partial charge in [-0.3, -0.25) is 4.79 Å². The van der Waals surface area contributed by atoms with E-state index in [2.05, 4.69) is 11.1 Å². The fourth-order valence-electron chi connectivity index (χ4n) is 4.37. The molecule has 4 heterocycles. The second kappa shape index (κ2) is 8.33. The van der Waals surface area contributed by atoms with Crippen LogP contribution in [-0.4, -0.2) is 31.7 Å². The Labute approximate surface area is 195 Å². The van der Waals surface area contributed by atoms with E-state index in [0.717, 1.165) is 41.3 Å². The minimum atomic E-state index is 0.0425. The van der Waals surface area contributed by atoms with Crippen molar-refractivity contribution < 1.29 is 9.53 Å². The van der Waals surface area contributed by atoms with E-state index in [4.69, 9.17) is 9.72 Å². The number of benzene rings is 2. The van der Waals surface area contributed by atoms with Crippen LogP contribution >= 0.6 is 11.3 Å². The maximum atomic E-state index is 13.3. The molecule has 33 heavy (non-hydrogen) atoms. The molecule has 1 unspecified atom stereocenters. The molecule has 2 aromatic carbocycles. The summed E-state index contributed by atoms with van der Waals surface area (Å²) in [7, 11) is 0. The molecule has 0 spiro atoms. The number of fused-ring (bicyclic) bond motifs is 2. The topological polar surface area (TPSA) is 59.7 Å². The third-order valence-corrected chi connectivity index (χ3v) is 7.15. The molecule has 1 aliphatic rings. The van der Waals surface area contributed by atoms with Gasteiger partial charge in [0.15, 0.2) is 0 Å². The second-order valence-corrected chi connectivity index (χ2v) is 9.25. The third kappa shape index (κ3) is 3.85. The van der Waals surface area contributed by atoms with Gasteiger partial charge in [0.05, 0.1) is 22.0 Å². The third-order valence-electron chi connectivity index (χ3n) is 6.01. The average molecular weight is 455 g/mol. The SMILES string of the molecule is O=C(c1ccc(OCc2cn3ccccc3n2)cc1)N1CCCC1c1nc2ccccc2s1. The molecule has 5 aromatic rings. The van der Waals surface area contributed by atoms with Crippen molar-refractivity contribution in [2.45, 2.75) is 25.5 Å². The monoisotopic (exact) mass is 454 g/mol. The zero-order valence-electron chi connectivity index (χ0n) is 17.9. The number of pyridine rings is 1. The van der Waals surface area contributed by atoms with Crippen molar-refractivity contribution in [2.24, 2.45) is 0 Å². The van der Waals surface area contributed by atoms with Crippen LogP contribution in [0.5, 0.6) is 5.75 Å². The largest absolute Gasteiger partial charge is 0.487 e. The average Bonchev–Trinajstić information content (AvgIpc) is 3.59. The molecule has 7 heteroatoms. The van der Waals surface area contributed by atoms with E-state index in [1.807, 2.05) is 82.4 Å². The van der Waals surface area contributed by atoms with Gasteiger partial charge in [0.1, 0.15) is 23.0 Å². The van der Waals surface area contributed by atoms with E-state index in [-0.39, 0.29) is 11.9 Å². The van der Waals surface area contributed by atoms with Crippen molar-refractivity contribution in [1.29, 1.82) is 0 Å². The molecular weight excluding hydrogens is 432 g/mol. The maximum Gasteiger partial charge on any atom is 0.254 e. The number of nitrogens with zero attached hydrogens (tertiary/aromatic N) is 4. The lowest BCUT2D eigenvalue weighted by molar-refractivity contribution is 0.0735. The highest BCUT2D eigenvalue weighted by atomic mass is 32.1. The summed E-state index contributed by atoms with van der Waals surface area (Å²) < 4.78 is 9.03. The number of para-hydroxylation sites is 1. The van der Waals surface area contributed by atoms with Crippen LogP contribution in [0.15, 0.2) is 79.1 Å². The van der Waals surface area contributed by atoms with Gasteiger partial charge >= 0.3 is 0 Å². The van der Waals surface area contributed by atoms with Gasteiger partial charge in [0.25, 0.3) is 5.91 Å². The lowest BCUT2D eigenvalue weighted by atomic mass is 10.1. The van der Waals surface area contributed by atoms with Crippen molar-refractivity contribution in [2.75, 3.05) is 6.54 Å². The molecule has 0 bridgehead atoms. The van der Waals surface area contributed by atoms with E-state index in [9.17, 15) is 4.79 Å². The van der Waals surface area contributed by atoms with E-state index in [1.54, 1.807) is 11.3 Å². The number of carbonyl (C=O) groups excluding carboxylic acids is 1. The molecule has 6 nitrogen and oxygen atoms in total. The number of hydrogen-bond donors (Lipinski definition) is 0. The zero-order chi connectivity index (χ0) is 22.2. The number of amides is 1. The molecule has 1 amide bonds. The Kier molecular flexibility index (Phi) is 5.03. The molecule has 0 saturated carbocycles. The fourth-order valence-corrected chi connectivity index (χ4v) is 5.49. The molecule has 3 aromatic heterocycles. The van der Waals surface area contributed by atoms with Gasteiger partial charge in [-0.1, -0.05) is 18.2 Å². The summed E-state index contributed by atoms with van der Waals surface area (Å²) in [5.41, 5.74) is 3.43. The van der Waals surface area contributed by atoms with Crippen molar-refractivity contribution in [3.63, 3.8) is 0 Å². The lowest BCUT2D eigenvalue weighted by Crippen LogP contribution is -2.30.